The van der Waals surface area contributed by atoms with Crippen molar-refractivity contribution in [3.63, 3.8) is 0 Å². The zero-order valence-corrected chi connectivity index (χ0v) is 11.1. The van der Waals surface area contributed by atoms with Crippen molar-refractivity contribution in [2.24, 2.45) is 5.92 Å². The van der Waals surface area contributed by atoms with Crippen LogP contribution in [0.3, 0.4) is 0 Å². The van der Waals surface area contributed by atoms with Crippen molar-refractivity contribution in [3.05, 3.63) is 24.3 Å². The highest BCUT2D eigenvalue weighted by atomic mass is 32.2. The molecule has 0 aliphatic carbocycles. The van der Waals surface area contributed by atoms with Crippen molar-refractivity contribution in [1.82, 2.24) is 0 Å². The summed E-state index contributed by atoms with van der Waals surface area (Å²) in [5.74, 6) is -1.68. The van der Waals surface area contributed by atoms with Crippen molar-refractivity contribution in [2.45, 2.75) is 37.3 Å². The van der Waals surface area contributed by atoms with Gasteiger partial charge in [0, 0.05) is 17.1 Å². The average Bonchev–Trinajstić information content (AvgIpc) is 2.32. The fourth-order valence-electron chi connectivity index (χ4n) is 1.59. The van der Waals surface area contributed by atoms with Gasteiger partial charge in [-0.2, -0.15) is 8.78 Å². The molecule has 0 aliphatic rings. The van der Waals surface area contributed by atoms with Crippen molar-refractivity contribution in [3.8, 4) is 0 Å². The predicted octanol–water partition coefficient (Wildman–Crippen LogP) is 4.85. The minimum Gasteiger partial charge on any atom is -0.385 e. The molecule has 0 saturated heterocycles. The Kier molecular flexibility index (Phi) is 6.34. The van der Waals surface area contributed by atoms with E-state index in [1.54, 1.807) is 12.1 Å². The molecular formula is C13H19F2NS. The Morgan fingerprint density at radius 1 is 1.12 bits per heavy atom. The topological polar surface area (TPSA) is 12.0 Å². The quantitative estimate of drug-likeness (QED) is 0.702. The number of benzene rings is 1. The number of anilines is 1. The summed E-state index contributed by atoms with van der Waals surface area (Å²) >= 11 is 0.579. The largest absolute Gasteiger partial charge is 0.385 e. The van der Waals surface area contributed by atoms with E-state index in [1.807, 2.05) is 12.1 Å². The highest BCUT2D eigenvalue weighted by Crippen LogP contribution is 2.26. The zero-order chi connectivity index (χ0) is 12.7. The Balaban J connectivity index is 2.45. The van der Waals surface area contributed by atoms with Crippen LogP contribution in [0.5, 0.6) is 0 Å². The molecule has 1 nitrogen and oxygen atoms in total. The minimum atomic E-state index is -2.35. The van der Waals surface area contributed by atoms with Gasteiger partial charge in [0.25, 0.3) is 5.76 Å². The summed E-state index contributed by atoms with van der Waals surface area (Å²) in [5.41, 5.74) is 0.996. The molecule has 4 heteroatoms. The average molecular weight is 259 g/mol. The number of thioether (sulfide) groups is 1. The van der Waals surface area contributed by atoms with Crippen LogP contribution in [0.25, 0.3) is 0 Å². The number of nitrogens with one attached hydrogen (secondary N) is 1. The van der Waals surface area contributed by atoms with Crippen molar-refractivity contribution < 1.29 is 8.78 Å². The van der Waals surface area contributed by atoms with E-state index < -0.39 is 5.76 Å². The first-order chi connectivity index (χ1) is 8.15. The molecule has 0 heterocycles. The molecule has 0 aromatic heterocycles. The minimum absolute atomic E-state index is 0.579. The Bertz CT molecular complexity index is 310. The van der Waals surface area contributed by atoms with Gasteiger partial charge in [0.05, 0.1) is 0 Å². The maximum Gasteiger partial charge on any atom is 0.288 e. The maximum atomic E-state index is 12.1. The van der Waals surface area contributed by atoms with E-state index >= 15 is 0 Å². The lowest BCUT2D eigenvalue weighted by Gasteiger charge is -2.14. The van der Waals surface area contributed by atoms with E-state index in [0.29, 0.717) is 22.6 Å². The van der Waals surface area contributed by atoms with Gasteiger partial charge in [-0.15, -0.1) is 0 Å². The van der Waals surface area contributed by atoms with Crippen LogP contribution in [-0.4, -0.2) is 12.3 Å². The van der Waals surface area contributed by atoms with Crippen LogP contribution >= 0.6 is 11.8 Å². The SMILES string of the molecule is CCC(CC)CNc1ccc(SC(F)F)cc1. The first-order valence-corrected chi connectivity index (χ1v) is 6.82. The fourth-order valence-corrected chi connectivity index (χ4v) is 2.09. The molecule has 0 radical (unpaired) electrons. The molecule has 17 heavy (non-hydrogen) atoms. The molecule has 0 saturated carbocycles. The zero-order valence-electron chi connectivity index (χ0n) is 10.2. The molecule has 0 atom stereocenters. The van der Waals surface area contributed by atoms with Gasteiger partial charge in [-0.25, -0.2) is 0 Å². The molecule has 96 valence electrons. The molecule has 0 aliphatic heterocycles. The third kappa shape index (κ3) is 5.39. The van der Waals surface area contributed by atoms with Gasteiger partial charge < -0.3 is 5.32 Å². The smallest absolute Gasteiger partial charge is 0.288 e. The Hall–Kier alpha value is -0.770. The number of rotatable bonds is 7. The van der Waals surface area contributed by atoms with Crippen molar-refractivity contribution >= 4 is 17.4 Å². The molecule has 1 aromatic rings. The third-order valence-corrected chi connectivity index (χ3v) is 3.55. The summed E-state index contributed by atoms with van der Waals surface area (Å²) in [6.07, 6.45) is 2.31. The van der Waals surface area contributed by atoms with Gasteiger partial charge in [0.15, 0.2) is 0 Å². The standard InChI is InChI=1S/C13H19F2NS/c1-3-10(4-2)9-16-11-5-7-12(8-6-11)17-13(14)15/h5-8,10,13,16H,3-4,9H2,1-2H3. The molecule has 0 amide bonds. The molecule has 1 aromatic carbocycles. The van der Waals surface area contributed by atoms with Crippen LogP contribution < -0.4 is 5.32 Å². The van der Waals surface area contributed by atoms with Gasteiger partial charge in [-0.05, 0) is 30.2 Å². The Morgan fingerprint density at radius 3 is 2.18 bits per heavy atom. The van der Waals surface area contributed by atoms with E-state index in [0.717, 1.165) is 25.1 Å². The number of alkyl halides is 2. The van der Waals surface area contributed by atoms with Crippen LogP contribution in [0.2, 0.25) is 0 Å². The van der Waals surface area contributed by atoms with Crippen LogP contribution in [0.15, 0.2) is 29.2 Å². The Morgan fingerprint density at radius 2 is 1.71 bits per heavy atom. The summed E-state index contributed by atoms with van der Waals surface area (Å²) in [4.78, 5) is 0.605. The normalized spacial score (nSPS) is 11.2. The van der Waals surface area contributed by atoms with Crippen LogP contribution in [0.1, 0.15) is 26.7 Å². The third-order valence-electron chi connectivity index (χ3n) is 2.83. The van der Waals surface area contributed by atoms with Gasteiger partial charge in [0.1, 0.15) is 0 Å². The van der Waals surface area contributed by atoms with Gasteiger partial charge in [0.2, 0.25) is 0 Å². The first-order valence-electron chi connectivity index (χ1n) is 5.94. The monoisotopic (exact) mass is 259 g/mol. The second-order valence-electron chi connectivity index (χ2n) is 3.97. The number of hydrogen-bond donors (Lipinski definition) is 1. The fraction of sp³-hybridized carbons (Fsp3) is 0.538. The molecule has 1 rings (SSSR count). The molecule has 0 unspecified atom stereocenters. The lowest BCUT2D eigenvalue weighted by Crippen LogP contribution is -2.12. The van der Waals surface area contributed by atoms with E-state index in [2.05, 4.69) is 19.2 Å². The summed E-state index contributed by atoms with van der Waals surface area (Å²) in [6.45, 7) is 5.30. The highest BCUT2D eigenvalue weighted by Gasteiger charge is 2.05. The second kappa shape index (κ2) is 7.54. The number of halogens is 2. The van der Waals surface area contributed by atoms with Crippen LogP contribution in [-0.2, 0) is 0 Å². The van der Waals surface area contributed by atoms with Crippen molar-refractivity contribution in [1.29, 1.82) is 0 Å². The number of hydrogen-bond acceptors (Lipinski definition) is 2. The molecule has 1 N–H and O–H groups in total. The van der Waals surface area contributed by atoms with Gasteiger partial charge in [-0.1, -0.05) is 38.5 Å². The molecule has 0 fully saturated rings. The van der Waals surface area contributed by atoms with E-state index in [-0.39, 0.29) is 0 Å². The van der Waals surface area contributed by atoms with Crippen LogP contribution in [0, 0.1) is 5.92 Å². The van der Waals surface area contributed by atoms with Gasteiger partial charge >= 0.3 is 0 Å². The summed E-state index contributed by atoms with van der Waals surface area (Å²) in [5, 5.41) is 3.33. The Labute approximate surface area is 106 Å². The van der Waals surface area contributed by atoms with E-state index in [1.165, 1.54) is 0 Å². The van der Waals surface area contributed by atoms with Crippen molar-refractivity contribution in [2.75, 3.05) is 11.9 Å². The molecular weight excluding hydrogens is 240 g/mol. The first kappa shape index (κ1) is 14.3. The summed E-state index contributed by atoms with van der Waals surface area (Å²) < 4.78 is 24.2. The van der Waals surface area contributed by atoms with Crippen LogP contribution in [0.4, 0.5) is 14.5 Å². The summed E-state index contributed by atoms with van der Waals surface area (Å²) in [7, 11) is 0. The van der Waals surface area contributed by atoms with E-state index in [4.69, 9.17) is 0 Å². The lowest BCUT2D eigenvalue weighted by molar-refractivity contribution is 0.252. The maximum absolute atomic E-state index is 12.1. The second-order valence-corrected chi connectivity index (χ2v) is 5.03. The van der Waals surface area contributed by atoms with Gasteiger partial charge in [-0.3, -0.25) is 0 Å². The highest BCUT2D eigenvalue weighted by molar-refractivity contribution is 7.99. The van der Waals surface area contributed by atoms with E-state index in [9.17, 15) is 8.78 Å². The molecule has 0 bridgehead atoms. The lowest BCUT2D eigenvalue weighted by atomic mass is 10.0. The summed E-state index contributed by atoms with van der Waals surface area (Å²) in [6, 6.07) is 7.16. The predicted molar refractivity (Wildman–Crippen MR) is 70.9 cm³/mol. The molecule has 0 spiro atoms.